The Hall–Kier alpha value is -1.79. The molecule has 0 aliphatic rings. The predicted octanol–water partition coefficient (Wildman–Crippen LogP) is 1.73. The first-order chi connectivity index (χ1) is 8.41. The molecule has 4 N–H and O–H groups in total. The molecule has 0 aliphatic carbocycles. The fourth-order valence-corrected chi connectivity index (χ4v) is 3.08. The standard InChI is InChI=1S/C11H10ClN3O2S/c12-7-2-1-3-8(6-7)18(16,17)9-4-5-10(13)15-11(9)14/h1-6H,(H4,13,14,15). The van der Waals surface area contributed by atoms with Crippen LogP contribution < -0.4 is 11.5 Å². The highest BCUT2D eigenvalue weighted by molar-refractivity contribution is 7.91. The lowest BCUT2D eigenvalue weighted by molar-refractivity contribution is 0.596. The fraction of sp³-hybridized carbons (Fsp3) is 0. The number of nitrogens with two attached hydrogens (primary N) is 2. The highest BCUT2D eigenvalue weighted by Crippen LogP contribution is 2.26. The van der Waals surface area contributed by atoms with Crippen LogP contribution in [-0.4, -0.2) is 13.4 Å². The molecule has 1 aromatic carbocycles. The van der Waals surface area contributed by atoms with E-state index in [0.717, 1.165) is 0 Å². The van der Waals surface area contributed by atoms with Crippen LogP contribution in [0.3, 0.4) is 0 Å². The van der Waals surface area contributed by atoms with Gasteiger partial charge in [-0.3, -0.25) is 0 Å². The van der Waals surface area contributed by atoms with Crippen molar-refractivity contribution >= 4 is 33.1 Å². The van der Waals surface area contributed by atoms with Crippen LogP contribution in [-0.2, 0) is 9.84 Å². The number of halogens is 1. The minimum Gasteiger partial charge on any atom is -0.384 e. The third kappa shape index (κ3) is 2.25. The van der Waals surface area contributed by atoms with E-state index in [9.17, 15) is 8.42 Å². The van der Waals surface area contributed by atoms with Crippen molar-refractivity contribution in [1.82, 2.24) is 4.98 Å². The molecule has 0 saturated heterocycles. The normalized spacial score (nSPS) is 11.4. The summed E-state index contributed by atoms with van der Waals surface area (Å²) in [5.74, 6) is 0.0347. The summed E-state index contributed by atoms with van der Waals surface area (Å²) in [7, 11) is -3.74. The Bertz CT molecular complexity index is 701. The number of hydrogen-bond donors (Lipinski definition) is 2. The van der Waals surface area contributed by atoms with Crippen LogP contribution in [0, 0.1) is 0 Å². The van der Waals surface area contributed by atoms with Crippen LogP contribution in [0.15, 0.2) is 46.2 Å². The Balaban J connectivity index is 2.62. The number of anilines is 2. The summed E-state index contributed by atoms with van der Waals surface area (Å²) in [6.45, 7) is 0. The first-order valence-corrected chi connectivity index (χ1v) is 6.80. The molecule has 1 aromatic heterocycles. The number of nitrogens with zero attached hydrogens (tertiary/aromatic N) is 1. The lowest BCUT2D eigenvalue weighted by Gasteiger charge is -2.07. The van der Waals surface area contributed by atoms with Gasteiger partial charge in [0.05, 0.1) is 4.90 Å². The topological polar surface area (TPSA) is 99.1 Å². The highest BCUT2D eigenvalue weighted by Gasteiger charge is 2.21. The van der Waals surface area contributed by atoms with Gasteiger partial charge < -0.3 is 11.5 Å². The second kappa shape index (κ2) is 4.47. The molecule has 7 heteroatoms. The fourth-order valence-electron chi connectivity index (χ4n) is 1.47. The van der Waals surface area contributed by atoms with Gasteiger partial charge in [-0.15, -0.1) is 0 Å². The van der Waals surface area contributed by atoms with Crippen molar-refractivity contribution in [2.45, 2.75) is 9.79 Å². The van der Waals surface area contributed by atoms with Gasteiger partial charge in [0.25, 0.3) is 0 Å². The van der Waals surface area contributed by atoms with E-state index in [-0.39, 0.29) is 21.4 Å². The van der Waals surface area contributed by atoms with Crippen molar-refractivity contribution in [3.05, 3.63) is 41.4 Å². The summed E-state index contributed by atoms with van der Waals surface area (Å²) < 4.78 is 24.6. The molecule has 0 atom stereocenters. The van der Waals surface area contributed by atoms with Crippen LogP contribution >= 0.6 is 11.6 Å². The van der Waals surface area contributed by atoms with Gasteiger partial charge in [-0.1, -0.05) is 17.7 Å². The Labute approximate surface area is 109 Å². The van der Waals surface area contributed by atoms with E-state index < -0.39 is 9.84 Å². The van der Waals surface area contributed by atoms with E-state index in [0.29, 0.717) is 5.02 Å². The second-order valence-electron chi connectivity index (χ2n) is 3.58. The smallest absolute Gasteiger partial charge is 0.210 e. The lowest BCUT2D eigenvalue weighted by Crippen LogP contribution is -2.08. The number of sulfone groups is 1. The SMILES string of the molecule is Nc1ccc(S(=O)(=O)c2cccc(Cl)c2)c(N)n1. The van der Waals surface area contributed by atoms with Crippen molar-refractivity contribution < 1.29 is 8.42 Å². The Kier molecular flexibility index (Phi) is 3.14. The number of hydrogen-bond acceptors (Lipinski definition) is 5. The molecular formula is C11H10ClN3O2S. The van der Waals surface area contributed by atoms with Gasteiger partial charge in [0.1, 0.15) is 16.5 Å². The quantitative estimate of drug-likeness (QED) is 0.874. The van der Waals surface area contributed by atoms with Crippen LogP contribution in [0.25, 0.3) is 0 Å². The zero-order valence-electron chi connectivity index (χ0n) is 9.17. The first kappa shape index (κ1) is 12.7. The van der Waals surface area contributed by atoms with Crippen molar-refractivity contribution in [2.24, 2.45) is 0 Å². The van der Waals surface area contributed by atoms with Crippen LogP contribution in [0.5, 0.6) is 0 Å². The number of pyridine rings is 1. The summed E-state index contributed by atoms with van der Waals surface area (Å²) in [6, 6.07) is 8.65. The second-order valence-corrected chi connectivity index (χ2v) is 5.93. The van der Waals surface area contributed by atoms with Crippen LogP contribution in [0.1, 0.15) is 0 Å². The highest BCUT2D eigenvalue weighted by atomic mass is 35.5. The van der Waals surface area contributed by atoms with Gasteiger partial charge in [0.15, 0.2) is 0 Å². The molecule has 0 bridgehead atoms. The number of benzene rings is 1. The molecule has 2 rings (SSSR count). The Morgan fingerprint density at radius 3 is 2.44 bits per heavy atom. The zero-order valence-corrected chi connectivity index (χ0v) is 10.7. The third-order valence-corrected chi connectivity index (χ3v) is 4.34. The largest absolute Gasteiger partial charge is 0.384 e. The molecule has 0 unspecified atom stereocenters. The van der Waals surface area contributed by atoms with E-state index in [1.54, 1.807) is 12.1 Å². The predicted molar refractivity (Wildman–Crippen MR) is 70.0 cm³/mol. The molecule has 18 heavy (non-hydrogen) atoms. The molecule has 0 saturated carbocycles. The van der Waals surface area contributed by atoms with Crippen molar-refractivity contribution in [1.29, 1.82) is 0 Å². The van der Waals surface area contributed by atoms with E-state index in [1.807, 2.05) is 0 Å². The van der Waals surface area contributed by atoms with Gasteiger partial charge in [0, 0.05) is 5.02 Å². The minimum atomic E-state index is -3.74. The maximum atomic E-state index is 12.3. The van der Waals surface area contributed by atoms with Crippen molar-refractivity contribution in [2.75, 3.05) is 11.5 Å². The maximum Gasteiger partial charge on any atom is 0.210 e. The number of nitrogen functional groups attached to an aromatic ring is 2. The molecule has 0 fully saturated rings. The van der Waals surface area contributed by atoms with Crippen LogP contribution in [0.4, 0.5) is 11.6 Å². The summed E-state index contributed by atoms with van der Waals surface area (Å²) in [5, 5.41) is 0.332. The molecule has 94 valence electrons. The van der Waals surface area contributed by atoms with Gasteiger partial charge in [-0.2, -0.15) is 0 Å². The average molecular weight is 284 g/mol. The minimum absolute atomic E-state index is 0.0632. The molecule has 0 aliphatic heterocycles. The number of aromatic nitrogens is 1. The maximum absolute atomic E-state index is 12.3. The van der Waals surface area contributed by atoms with Crippen LogP contribution in [0.2, 0.25) is 5.02 Å². The summed E-state index contributed by atoms with van der Waals surface area (Å²) in [5.41, 5.74) is 11.0. The third-order valence-electron chi connectivity index (χ3n) is 2.30. The van der Waals surface area contributed by atoms with E-state index in [1.165, 1.54) is 24.3 Å². The molecule has 0 radical (unpaired) electrons. The molecule has 0 spiro atoms. The first-order valence-electron chi connectivity index (χ1n) is 4.94. The van der Waals surface area contributed by atoms with E-state index >= 15 is 0 Å². The molecule has 0 amide bonds. The Morgan fingerprint density at radius 2 is 1.83 bits per heavy atom. The average Bonchev–Trinajstić information content (AvgIpc) is 2.28. The zero-order chi connectivity index (χ0) is 13.3. The number of rotatable bonds is 2. The van der Waals surface area contributed by atoms with Crippen molar-refractivity contribution in [3.8, 4) is 0 Å². The summed E-state index contributed by atoms with van der Waals surface area (Å²) in [6.07, 6.45) is 0. The van der Waals surface area contributed by atoms with Gasteiger partial charge in [-0.25, -0.2) is 13.4 Å². The van der Waals surface area contributed by atoms with E-state index in [4.69, 9.17) is 23.1 Å². The monoisotopic (exact) mass is 283 g/mol. The molecule has 5 nitrogen and oxygen atoms in total. The molecular weight excluding hydrogens is 274 g/mol. The molecule has 1 heterocycles. The van der Waals surface area contributed by atoms with E-state index in [2.05, 4.69) is 4.98 Å². The van der Waals surface area contributed by atoms with Gasteiger partial charge in [0.2, 0.25) is 9.84 Å². The van der Waals surface area contributed by atoms with Gasteiger partial charge >= 0.3 is 0 Å². The Morgan fingerprint density at radius 1 is 1.11 bits per heavy atom. The van der Waals surface area contributed by atoms with Gasteiger partial charge in [-0.05, 0) is 30.3 Å². The lowest BCUT2D eigenvalue weighted by atomic mass is 10.4. The van der Waals surface area contributed by atoms with Crippen molar-refractivity contribution in [3.63, 3.8) is 0 Å². The molecule has 2 aromatic rings. The summed E-state index contributed by atoms with van der Waals surface area (Å²) >= 11 is 5.77. The summed E-state index contributed by atoms with van der Waals surface area (Å²) in [4.78, 5) is 3.71.